The van der Waals surface area contributed by atoms with E-state index >= 15 is 8.78 Å². The van der Waals surface area contributed by atoms with E-state index in [4.69, 9.17) is 20.2 Å². The van der Waals surface area contributed by atoms with Gasteiger partial charge in [-0.15, -0.1) is 11.3 Å². The molecule has 1 aromatic carbocycles. The van der Waals surface area contributed by atoms with Gasteiger partial charge in [0.05, 0.1) is 40.8 Å². The number of fused-ring (bicyclic) bond motifs is 6. The Morgan fingerprint density at radius 3 is 2.91 bits per heavy atom. The van der Waals surface area contributed by atoms with Gasteiger partial charge in [-0.1, -0.05) is 0 Å². The third kappa shape index (κ3) is 4.59. The molecule has 4 aliphatic heterocycles. The number of rotatable bonds is 5. The van der Waals surface area contributed by atoms with Crippen molar-refractivity contribution in [1.82, 2.24) is 25.2 Å². The molecule has 45 heavy (non-hydrogen) atoms. The lowest BCUT2D eigenvalue weighted by Crippen LogP contribution is -2.40. The summed E-state index contributed by atoms with van der Waals surface area (Å²) in [6, 6.07) is 2.05. The lowest BCUT2D eigenvalue weighted by atomic mass is 9.93. The number of hydrogen-bond donors (Lipinski definition) is 2. The summed E-state index contributed by atoms with van der Waals surface area (Å²) in [5.74, 6) is -0.390. The van der Waals surface area contributed by atoms with Gasteiger partial charge in [0, 0.05) is 43.2 Å². The van der Waals surface area contributed by atoms with Crippen LogP contribution in [0, 0.1) is 28.9 Å². The van der Waals surface area contributed by atoms with Crippen LogP contribution in [-0.4, -0.2) is 77.9 Å². The molecule has 10 nitrogen and oxygen atoms in total. The number of nitrogen functional groups attached to an aromatic ring is 1. The van der Waals surface area contributed by atoms with Crippen molar-refractivity contribution < 1.29 is 22.6 Å². The Hall–Kier alpha value is -3.77. The molecule has 4 aromatic rings. The fourth-order valence-electron chi connectivity index (χ4n) is 7.49. The summed E-state index contributed by atoms with van der Waals surface area (Å²) < 4.78 is 59.6. The first kappa shape index (κ1) is 28.7. The highest BCUT2D eigenvalue weighted by Crippen LogP contribution is 2.47. The second-order valence-electron chi connectivity index (χ2n) is 12.6. The number of benzene rings is 1. The van der Waals surface area contributed by atoms with Crippen molar-refractivity contribution in [2.75, 3.05) is 57.0 Å². The van der Waals surface area contributed by atoms with Gasteiger partial charge in [0.2, 0.25) is 0 Å². The number of nitrogens with one attached hydrogen (secondary N) is 1. The SMILES string of the molecule is CN1CCC(F)(COc2nc(N3CC4CCNCC3C4)c3c4c(c(-c5ncc(F)c6sc(N)c(C#N)c56)c(F)c3n2)COC4)C1. The highest BCUT2D eigenvalue weighted by atomic mass is 32.1. The summed E-state index contributed by atoms with van der Waals surface area (Å²) in [7, 11) is 1.85. The Balaban J connectivity index is 1.36. The monoisotopic (exact) mass is 636 g/mol. The van der Waals surface area contributed by atoms with Crippen LogP contribution in [0.4, 0.5) is 24.0 Å². The van der Waals surface area contributed by atoms with Gasteiger partial charge in [0.1, 0.15) is 29.0 Å². The van der Waals surface area contributed by atoms with Crippen molar-refractivity contribution in [3.05, 3.63) is 34.5 Å². The van der Waals surface area contributed by atoms with Crippen molar-refractivity contribution in [2.24, 2.45) is 5.92 Å². The van der Waals surface area contributed by atoms with Crippen LogP contribution in [0.5, 0.6) is 6.01 Å². The quantitative estimate of drug-likeness (QED) is 0.328. The number of alkyl halides is 1. The molecule has 14 heteroatoms. The molecule has 2 bridgehead atoms. The summed E-state index contributed by atoms with van der Waals surface area (Å²) in [6.07, 6.45) is 3.32. The van der Waals surface area contributed by atoms with E-state index < -0.39 is 17.3 Å². The molecule has 7 heterocycles. The molecule has 4 aliphatic rings. The summed E-state index contributed by atoms with van der Waals surface area (Å²) in [5.41, 5.74) is 5.95. The molecule has 3 N–H and O–H groups in total. The molecule has 0 radical (unpaired) electrons. The highest BCUT2D eigenvalue weighted by Gasteiger charge is 2.40. The summed E-state index contributed by atoms with van der Waals surface area (Å²) in [6.45, 7) is 3.27. The maximum atomic E-state index is 17.2. The number of anilines is 2. The number of pyridine rings is 1. The average molecular weight is 637 g/mol. The molecule has 3 unspecified atom stereocenters. The molecular formula is C31H31F3N8O2S. The number of thiophene rings is 1. The fraction of sp³-hybridized carbons (Fsp3) is 0.484. The molecule has 3 fully saturated rings. The van der Waals surface area contributed by atoms with E-state index in [2.05, 4.69) is 20.2 Å². The summed E-state index contributed by atoms with van der Waals surface area (Å²) in [4.78, 5) is 17.8. The van der Waals surface area contributed by atoms with E-state index in [0.29, 0.717) is 41.2 Å². The zero-order chi connectivity index (χ0) is 31.0. The van der Waals surface area contributed by atoms with E-state index in [-0.39, 0.29) is 75.8 Å². The van der Waals surface area contributed by atoms with Crippen LogP contribution in [0.25, 0.3) is 32.2 Å². The molecule has 3 aromatic heterocycles. The van der Waals surface area contributed by atoms with Gasteiger partial charge >= 0.3 is 6.01 Å². The van der Waals surface area contributed by atoms with Crippen LogP contribution in [0.15, 0.2) is 6.20 Å². The highest BCUT2D eigenvalue weighted by molar-refractivity contribution is 7.23. The zero-order valence-electron chi connectivity index (χ0n) is 24.6. The molecule has 0 aliphatic carbocycles. The van der Waals surface area contributed by atoms with Gasteiger partial charge in [-0.05, 0) is 49.9 Å². The third-order valence-corrected chi connectivity index (χ3v) is 10.7. The van der Waals surface area contributed by atoms with E-state index in [1.54, 1.807) is 0 Å². The number of nitrogens with zero attached hydrogens (tertiary/aromatic N) is 6. The Morgan fingerprint density at radius 1 is 1.27 bits per heavy atom. The third-order valence-electron chi connectivity index (χ3n) is 9.64. The van der Waals surface area contributed by atoms with Crippen molar-refractivity contribution >= 4 is 43.1 Å². The minimum Gasteiger partial charge on any atom is -0.460 e. The van der Waals surface area contributed by atoms with Crippen molar-refractivity contribution in [3.63, 3.8) is 0 Å². The first-order chi connectivity index (χ1) is 21.7. The van der Waals surface area contributed by atoms with Gasteiger partial charge < -0.3 is 30.3 Å². The zero-order valence-corrected chi connectivity index (χ0v) is 25.4. The second-order valence-corrected chi connectivity index (χ2v) is 13.7. The van der Waals surface area contributed by atoms with E-state index in [0.717, 1.165) is 50.0 Å². The molecule has 8 rings (SSSR count). The average Bonchev–Trinajstić information content (AvgIpc) is 3.77. The van der Waals surface area contributed by atoms with Crippen LogP contribution in [0.3, 0.4) is 0 Å². The van der Waals surface area contributed by atoms with Crippen LogP contribution < -0.4 is 20.7 Å². The van der Waals surface area contributed by atoms with Gasteiger partial charge in [-0.2, -0.15) is 15.2 Å². The Morgan fingerprint density at radius 2 is 2.11 bits per heavy atom. The largest absolute Gasteiger partial charge is 0.460 e. The minimum atomic E-state index is -1.58. The normalized spacial score (nSPS) is 24.8. The second kappa shape index (κ2) is 10.7. The molecule has 0 spiro atoms. The number of likely N-dealkylation sites (tertiary alicyclic amines) is 1. The van der Waals surface area contributed by atoms with Crippen LogP contribution in [0.1, 0.15) is 36.0 Å². The molecule has 3 saturated heterocycles. The minimum absolute atomic E-state index is 0.0149. The van der Waals surface area contributed by atoms with Crippen molar-refractivity contribution in [2.45, 2.75) is 44.2 Å². The van der Waals surface area contributed by atoms with Gasteiger partial charge in [-0.25, -0.2) is 13.2 Å². The molecular weight excluding hydrogens is 605 g/mol. The molecule has 0 saturated carbocycles. The molecule has 0 amide bonds. The van der Waals surface area contributed by atoms with E-state index in [9.17, 15) is 9.65 Å². The summed E-state index contributed by atoms with van der Waals surface area (Å²) >= 11 is 0.921. The Labute approximate surface area is 260 Å². The number of nitrogens with two attached hydrogens (primary N) is 1. The summed E-state index contributed by atoms with van der Waals surface area (Å²) in [5, 5.41) is 14.2. The number of aromatic nitrogens is 3. The maximum absolute atomic E-state index is 17.2. The van der Waals surface area contributed by atoms with Crippen LogP contribution in [-0.2, 0) is 18.0 Å². The number of hydrogen-bond acceptors (Lipinski definition) is 11. The fourth-order valence-corrected chi connectivity index (χ4v) is 8.42. The lowest BCUT2D eigenvalue weighted by molar-refractivity contribution is 0.0884. The Kier molecular flexibility index (Phi) is 6.79. The van der Waals surface area contributed by atoms with Gasteiger partial charge in [0.15, 0.2) is 17.3 Å². The van der Waals surface area contributed by atoms with Gasteiger partial charge in [0.25, 0.3) is 0 Å². The van der Waals surface area contributed by atoms with Crippen LogP contribution in [0.2, 0.25) is 0 Å². The number of ether oxygens (including phenoxy) is 2. The standard InChI is InChI=1S/C31H31F3N8O2S/c1-41-5-3-31(34,13-41)14-44-30-39-26-23(29(40-30)42-10-15-2-4-37-8-16(42)6-15)19-12-43-11-18(19)21(24(26)33)25-22-17(7-35)28(36)45-27(22)20(32)9-38-25/h9,15-16,37H,2-6,8,10-14,36H2,1H3. The predicted molar refractivity (Wildman–Crippen MR) is 164 cm³/mol. The molecule has 234 valence electrons. The Bertz CT molecular complexity index is 1910. The maximum Gasteiger partial charge on any atom is 0.319 e. The first-order valence-electron chi connectivity index (χ1n) is 15.1. The van der Waals surface area contributed by atoms with E-state index in [1.165, 1.54) is 0 Å². The van der Waals surface area contributed by atoms with Crippen molar-refractivity contribution in [3.8, 4) is 23.3 Å². The van der Waals surface area contributed by atoms with Crippen LogP contribution >= 0.6 is 11.3 Å². The number of halogens is 3. The topological polar surface area (TPSA) is 125 Å². The lowest BCUT2D eigenvalue weighted by Gasteiger charge is -2.29. The van der Waals surface area contributed by atoms with Gasteiger partial charge in [-0.3, -0.25) is 4.98 Å². The number of nitriles is 1. The molecule has 3 atom stereocenters. The van der Waals surface area contributed by atoms with E-state index in [1.807, 2.05) is 18.0 Å². The smallest absolute Gasteiger partial charge is 0.319 e. The predicted octanol–water partition coefficient (Wildman–Crippen LogP) is 4.28. The first-order valence-corrected chi connectivity index (χ1v) is 15.9. The van der Waals surface area contributed by atoms with Crippen molar-refractivity contribution in [1.29, 1.82) is 5.26 Å².